The van der Waals surface area contributed by atoms with Crippen LogP contribution in [0.15, 0.2) is 30.3 Å². The van der Waals surface area contributed by atoms with E-state index < -0.39 is 54.4 Å². The molecule has 0 saturated carbocycles. The Balaban J connectivity index is 1.75. The van der Waals surface area contributed by atoms with Crippen molar-refractivity contribution in [2.24, 2.45) is 11.8 Å². The van der Waals surface area contributed by atoms with Crippen LogP contribution in [-0.2, 0) is 39.8 Å². The summed E-state index contributed by atoms with van der Waals surface area (Å²) >= 11 is 0. The Morgan fingerprint density at radius 1 is 1.05 bits per heavy atom. The van der Waals surface area contributed by atoms with Gasteiger partial charge in [-0.1, -0.05) is 44.2 Å². The minimum atomic E-state index is -3.14. The van der Waals surface area contributed by atoms with Gasteiger partial charge in [0.2, 0.25) is 11.8 Å². The number of nitrogens with zero attached hydrogens (tertiary/aromatic N) is 1. The summed E-state index contributed by atoms with van der Waals surface area (Å²) in [4.78, 5) is 54.6. The number of hydrogen-bond donors (Lipinski definition) is 2. The predicted molar refractivity (Wildman–Crippen MR) is 145 cm³/mol. The second-order valence-corrected chi connectivity index (χ2v) is 11.2. The molecule has 2 saturated heterocycles. The summed E-state index contributed by atoms with van der Waals surface area (Å²) in [6, 6.07) is 6.84. The highest BCUT2D eigenvalue weighted by Gasteiger charge is 2.50. The van der Waals surface area contributed by atoms with Gasteiger partial charge in [0.05, 0.1) is 39.0 Å². The Labute approximate surface area is 239 Å². The average Bonchev–Trinajstić information content (AvgIpc) is 3.68. The SMILES string of the molecule is CC(C)C[C@H](NC(=O)[C@@H](CC(=O)[C@H](COC(F)F)NC(=O)CN1CCOCC1)Cc1ccccc1)C(=O)[C@@]1(C)CO1. The maximum absolute atomic E-state index is 13.6. The molecule has 0 unspecified atom stereocenters. The van der Waals surface area contributed by atoms with Gasteiger partial charge in [0, 0.05) is 25.4 Å². The molecule has 12 heteroatoms. The molecule has 0 bridgehead atoms. The van der Waals surface area contributed by atoms with Gasteiger partial charge in [0.1, 0.15) is 11.6 Å². The van der Waals surface area contributed by atoms with E-state index in [0.717, 1.165) is 5.56 Å². The van der Waals surface area contributed by atoms with E-state index in [-0.39, 0.29) is 37.7 Å². The zero-order valence-electron chi connectivity index (χ0n) is 23.9. The maximum atomic E-state index is 13.6. The van der Waals surface area contributed by atoms with Crippen LogP contribution in [-0.4, -0.2) is 98.6 Å². The van der Waals surface area contributed by atoms with Crippen molar-refractivity contribution in [2.75, 3.05) is 46.1 Å². The van der Waals surface area contributed by atoms with Gasteiger partial charge >= 0.3 is 6.61 Å². The van der Waals surface area contributed by atoms with Gasteiger partial charge < -0.3 is 24.8 Å². The quantitative estimate of drug-likeness (QED) is 0.267. The van der Waals surface area contributed by atoms with Crippen molar-refractivity contribution in [3.05, 3.63) is 35.9 Å². The largest absolute Gasteiger partial charge is 0.379 e. The Kier molecular flexibility index (Phi) is 12.3. The third-order valence-corrected chi connectivity index (χ3v) is 7.17. The molecule has 0 spiro atoms. The van der Waals surface area contributed by atoms with Crippen LogP contribution < -0.4 is 10.6 Å². The Hall–Kier alpha value is -2.80. The molecule has 0 radical (unpaired) electrons. The summed E-state index contributed by atoms with van der Waals surface area (Å²) < 4.78 is 40.8. The smallest absolute Gasteiger partial charge is 0.345 e. The van der Waals surface area contributed by atoms with Crippen molar-refractivity contribution < 1.29 is 42.2 Å². The summed E-state index contributed by atoms with van der Waals surface area (Å²) in [7, 11) is 0. The van der Waals surface area contributed by atoms with Crippen molar-refractivity contribution in [3.63, 3.8) is 0 Å². The van der Waals surface area contributed by atoms with Crippen molar-refractivity contribution >= 4 is 23.4 Å². The van der Waals surface area contributed by atoms with Crippen LogP contribution in [0.4, 0.5) is 8.78 Å². The summed E-state index contributed by atoms with van der Waals surface area (Å²) in [5.74, 6) is -2.72. The molecular formula is C29H41F2N3O7. The monoisotopic (exact) mass is 581 g/mol. The molecule has 228 valence electrons. The Morgan fingerprint density at radius 2 is 1.71 bits per heavy atom. The van der Waals surface area contributed by atoms with Crippen molar-refractivity contribution in [1.29, 1.82) is 0 Å². The first-order chi connectivity index (χ1) is 19.5. The fourth-order valence-corrected chi connectivity index (χ4v) is 4.74. The standard InChI is InChI=1S/C29H41F2N3O7/c1-19(2)13-22(26(37)29(3)18-41-29)33-27(38)21(14-20-7-5-4-6-8-20)15-24(35)23(17-40-28(30)31)32-25(36)16-34-9-11-39-12-10-34/h4-8,19,21-23,28H,9-18H2,1-3H3,(H,32,36)(H,33,38)/t21-,22+,23+,29-/m1/s1. The summed E-state index contributed by atoms with van der Waals surface area (Å²) in [6.45, 7) is 3.88. The molecule has 2 aliphatic rings. The lowest BCUT2D eigenvalue weighted by atomic mass is 9.89. The van der Waals surface area contributed by atoms with E-state index in [2.05, 4.69) is 15.4 Å². The maximum Gasteiger partial charge on any atom is 0.345 e. The molecule has 4 atom stereocenters. The minimum Gasteiger partial charge on any atom is -0.379 e. The number of carbonyl (C=O) groups excluding carboxylic acids is 4. The van der Waals surface area contributed by atoms with E-state index in [9.17, 15) is 28.0 Å². The molecule has 2 heterocycles. The summed E-state index contributed by atoms with van der Waals surface area (Å²) in [5.41, 5.74) is -0.165. The Bertz CT molecular complexity index is 1030. The number of benzene rings is 1. The fourth-order valence-electron chi connectivity index (χ4n) is 4.74. The van der Waals surface area contributed by atoms with E-state index in [1.807, 2.05) is 36.9 Å². The van der Waals surface area contributed by atoms with Crippen LogP contribution in [0.25, 0.3) is 0 Å². The molecule has 41 heavy (non-hydrogen) atoms. The second kappa shape index (κ2) is 15.4. The number of amides is 2. The molecule has 0 aromatic heterocycles. The van der Waals surface area contributed by atoms with Crippen molar-refractivity contribution in [2.45, 2.75) is 64.3 Å². The topological polar surface area (TPSA) is 127 Å². The minimum absolute atomic E-state index is 0.0322. The van der Waals surface area contributed by atoms with E-state index in [1.165, 1.54) is 0 Å². The van der Waals surface area contributed by atoms with Crippen LogP contribution in [0.3, 0.4) is 0 Å². The second-order valence-electron chi connectivity index (χ2n) is 11.2. The lowest BCUT2D eigenvalue weighted by Gasteiger charge is -2.27. The number of epoxide rings is 1. The van der Waals surface area contributed by atoms with Gasteiger partial charge in [-0.3, -0.25) is 24.1 Å². The van der Waals surface area contributed by atoms with E-state index in [4.69, 9.17) is 9.47 Å². The van der Waals surface area contributed by atoms with Gasteiger partial charge in [0.15, 0.2) is 11.6 Å². The van der Waals surface area contributed by atoms with Crippen LogP contribution in [0.5, 0.6) is 0 Å². The molecule has 2 fully saturated rings. The van der Waals surface area contributed by atoms with Crippen molar-refractivity contribution in [1.82, 2.24) is 15.5 Å². The number of rotatable bonds is 17. The molecule has 1 aromatic rings. The van der Waals surface area contributed by atoms with Gasteiger partial charge in [-0.05, 0) is 31.2 Å². The normalized spacial score (nSPS) is 21.2. The molecule has 10 nitrogen and oxygen atoms in total. The van der Waals surface area contributed by atoms with Gasteiger partial charge in [0.25, 0.3) is 0 Å². The number of halogens is 2. The zero-order valence-corrected chi connectivity index (χ0v) is 23.9. The van der Waals surface area contributed by atoms with Gasteiger partial charge in [-0.2, -0.15) is 8.78 Å². The van der Waals surface area contributed by atoms with Gasteiger partial charge in [-0.25, -0.2) is 0 Å². The molecule has 2 aliphatic heterocycles. The first-order valence-corrected chi connectivity index (χ1v) is 14.0. The van der Waals surface area contributed by atoms with Crippen LogP contribution >= 0.6 is 0 Å². The lowest BCUT2D eigenvalue weighted by Crippen LogP contribution is -2.51. The third-order valence-electron chi connectivity index (χ3n) is 7.17. The van der Waals surface area contributed by atoms with Crippen LogP contribution in [0.2, 0.25) is 0 Å². The molecule has 1 aromatic carbocycles. The molecule has 2 amide bonds. The lowest BCUT2D eigenvalue weighted by molar-refractivity contribution is -0.147. The molecular weight excluding hydrogens is 540 g/mol. The number of alkyl halides is 2. The number of ketones is 2. The summed E-state index contributed by atoms with van der Waals surface area (Å²) in [6.07, 6.45) is 0.197. The number of hydrogen-bond acceptors (Lipinski definition) is 8. The van der Waals surface area contributed by atoms with Crippen LogP contribution in [0, 0.1) is 11.8 Å². The number of carbonyl (C=O) groups is 4. The Morgan fingerprint density at radius 3 is 2.29 bits per heavy atom. The predicted octanol–water partition coefficient (Wildman–Crippen LogP) is 1.75. The van der Waals surface area contributed by atoms with E-state index in [0.29, 0.717) is 32.7 Å². The number of morpholine rings is 1. The number of ether oxygens (including phenoxy) is 3. The summed E-state index contributed by atoms with van der Waals surface area (Å²) in [5, 5.41) is 5.34. The average molecular weight is 582 g/mol. The first kappa shape index (κ1) is 32.7. The highest BCUT2D eigenvalue weighted by atomic mass is 19.3. The molecule has 2 N–H and O–H groups in total. The third kappa shape index (κ3) is 10.8. The van der Waals surface area contributed by atoms with Gasteiger partial charge in [-0.15, -0.1) is 0 Å². The fraction of sp³-hybridized carbons (Fsp3) is 0.655. The van der Waals surface area contributed by atoms with E-state index >= 15 is 0 Å². The molecule has 0 aliphatic carbocycles. The molecule has 3 rings (SSSR count). The van der Waals surface area contributed by atoms with E-state index in [1.54, 1.807) is 19.1 Å². The first-order valence-electron chi connectivity index (χ1n) is 14.0. The van der Waals surface area contributed by atoms with Crippen LogP contribution in [0.1, 0.15) is 39.2 Å². The number of Topliss-reactive ketones (excluding diaryl/α,β-unsaturated/α-hetero) is 2. The zero-order chi connectivity index (χ0) is 30.0. The highest BCUT2D eigenvalue weighted by Crippen LogP contribution is 2.30. The van der Waals surface area contributed by atoms with Crippen molar-refractivity contribution in [3.8, 4) is 0 Å². The highest BCUT2D eigenvalue weighted by molar-refractivity contribution is 5.98. The number of nitrogens with one attached hydrogen (secondary N) is 2.